The standard InChI is InChI=1S/C28H39N3/c1-24-13-15-28(16-14-24,25-9-8-12-27(23-25)29-17-6-3-7-18-29)31-21-19-30(20-22-31)26-10-4-2-5-11-26/h2,4-5,8-12,23-24H,3,6-7,13-22H2,1H3. The summed E-state index contributed by atoms with van der Waals surface area (Å²) >= 11 is 0. The molecule has 0 aromatic heterocycles. The zero-order chi connectivity index (χ0) is 21.1. The molecule has 31 heavy (non-hydrogen) atoms. The lowest BCUT2D eigenvalue weighted by Crippen LogP contribution is -2.56. The summed E-state index contributed by atoms with van der Waals surface area (Å²) in [5.74, 6) is 0.865. The third-order valence-electron chi connectivity index (χ3n) is 8.21. The average molecular weight is 418 g/mol. The van der Waals surface area contributed by atoms with Gasteiger partial charge in [0.15, 0.2) is 0 Å². The predicted molar refractivity (Wildman–Crippen MR) is 132 cm³/mol. The lowest BCUT2D eigenvalue weighted by molar-refractivity contribution is 0.0299. The Bertz CT molecular complexity index is 826. The van der Waals surface area contributed by atoms with E-state index in [9.17, 15) is 0 Å². The predicted octanol–water partition coefficient (Wildman–Crippen LogP) is 5.90. The van der Waals surface area contributed by atoms with E-state index in [1.165, 1.54) is 69.4 Å². The number of hydrogen-bond acceptors (Lipinski definition) is 3. The van der Waals surface area contributed by atoms with Gasteiger partial charge in [0.25, 0.3) is 0 Å². The highest BCUT2D eigenvalue weighted by Crippen LogP contribution is 2.45. The van der Waals surface area contributed by atoms with Gasteiger partial charge < -0.3 is 9.80 Å². The summed E-state index contributed by atoms with van der Waals surface area (Å²) in [6.45, 7) is 9.49. The summed E-state index contributed by atoms with van der Waals surface area (Å²) in [4.78, 5) is 8.05. The van der Waals surface area contributed by atoms with Crippen molar-refractivity contribution in [3.05, 3.63) is 60.2 Å². The molecule has 2 aromatic rings. The van der Waals surface area contributed by atoms with E-state index in [0.717, 1.165) is 32.1 Å². The van der Waals surface area contributed by atoms with Gasteiger partial charge in [-0.2, -0.15) is 0 Å². The summed E-state index contributed by atoms with van der Waals surface area (Å²) in [5.41, 5.74) is 4.63. The van der Waals surface area contributed by atoms with E-state index < -0.39 is 0 Å². The van der Waals surface area contributed by atoms with Crippen LogP contribution in [0, 0.1) is 5.92 Å². The maximum atomic E-state index is 2.85. The van der Waals surface area contributed by atoms with Crippen LogP contribution < -0.4 is 9.80 Å². The molecule has 1 aliphatic carbocycles. The van der Waals surface area contributed by atoms with Crippen LogP contribution in [0.25, 0.3) is 0 Å². The van der Waals surface area contributed by atoms with Gasteiger partial charge in [0.2, 0.25) is 0 Å². The fourth-order valence-corrected chi connectivity index (χ4v) is 6.20. The summed E-state index contributed by atoms with van der Waals surface area (Å²) in [6.07, 6.45) is 9.40. The molecule has 3 aliphatic rings. The molecule has 2 saturated heterocycles. The molecule has 3 heteroatoms. The normalized spacial score (nSPS) is 28.0. The van der Waals surface area contributed by atoms with Gasteiger partial charge >= 0.3 is 0 Å². The van der Waals surface area contributed by atoms with Crippen LogP contribution in [-0.2, 0) is 5.54 Å². The van der Waals surface area contributed by atoms with Crippen LogP contribution >= 0.6 is 0 Å². The fraction of sp³-hybridized carbons (Fsp3) is 0.571. The maximum absolute atomic E-state index is 2.85. The Morgan fingerprint density at radius 2 is 1.32 bits per heavy atom. The molecular weight excluding hydrogens is 378 g/mol. The lowest BCUT2D eigenvalue weighted by atomic mass is 9.71. The molecule has 5 rings (SSSR count). The van der Waals surface area contributed by atoms with E-state index in [0.29, 0.717) is 0 Å². The molecule has 0 radical (unpaired) electrons. The van der Waals surface area contributed by atoms with Gasteiger partial charge in [0.05, 0.1) is 0 Å². The quantitative estimate of drug-likeness (QED) is 0.613. The third kappa shape index (κ3) is 4.35. The molecule has 3 nitrogen and oxygen atoms in total. The highest BCUT2D eigenvalue weighted by Gasteiger charge is 2.42. The van der Waals surface area contributed by atoms with Gasteiger partial charge in [0, 0.05) is 56.2 Å². The Morgan fingerprint density at radius 3 is 2.03 bits per heavy atom. The number of benzene rings is 2. The number of para-hydroxylation sites is 1. The Kier molecular flexibility index (Phi) is 6.22. The fourth-order valence-electron chi connectivity index (χ4n) is 6.20. The molecule has 0 atom stereocenters. The first kappa shape index (κ1) is 20.9. The van der Waals surface area contributed by atoms with E-state index in [1.54, 1.807) is 5.56 Å². The summed E-state index contributed by atoms with van der Waals surface area (Å²) in [7, 11) is 0. The molecule has 0 spiro atoms. The van der Waals surface area contributed by atoms with E-state index in [4.69, 9.17) is 0 Å². The zero-order valence-corrected chi connectivity index (χ0v) is 19.3. The minimum absolute atomic E-state index is 0.223. The zero-order valence-electron chi connectivity index (χ0n) is 19.3. The highest BCUT2D eigenvalue weighted by atomic mass is 15.3. The van der Waals surface area contributed by atoms with E-state index in [1.807, 2.05) is 0 Å². The largest absolute Gasteiger partial charge is 0.372 e. The van der Waals surface area contributed by atoms with Crippen molar-refractivity contribution in [2.75, 3.05) is 49.1 Å². The van der Waals surface area contributed by atoms with Crippen LogP contribution in [-0.4, -0.2) is 44.2 Å². The Balaban J connectivity index is 1.39. The van der Waals surface area contributed by atoms with Gasteiger partial charge in [0.1, 0.15) is 0 Å². The van der Waals surface area contributed by atoms with Crippen LogP contribution in [0.1, 0.15) is 57.4 Å². The first-order valence-electron chi connectivity index (χ1n) is 12.7. The van der Waals surface area contributed by atoms with Crippen LogP contribution in [0.15, 0.2) is 54.6 Å². The minimum atomic E-state index is 0.223. The Hall–Kier alpha value is -2.00. The van der Waals surface area contributed by atoms with Crippen molar-refractivity contribution in [1.82, 2.24) is 4.90 Å². The SMILES string of the molecule is CC1CCC(c2cccc(N3CCCCC3)c2)(N2CCN(c3ccccc3)CC2)CC1. The van der Waals surface area contributed by atoms with Crippen LogP contribution in [0.4, 0.5) is 11.4 Å². The number of rotatable bonds is 4. The molecule has 2 heterocycles. The van der Waals surface area contributed by atoms with E-state index >= 15 is 0 Å². The summed E-state index contributed by atoms with van der Waals surface area (Å²) in [6, 6.07) is 20.6. The third-order valence-corrected chi connectivity index (χ3v) is 8.21. The van der Waals surface area contributed by atoms with Crippen molar-refractivity contribution in [2.45, 2.75) is 57.4 Å². The molecule has 0 unspecified atom stereocenters. The second-order valence-electron chi connectivity index (χ2n) is 10.1. The molecule has 3 fully saturated rings. The molecular formula is C28H39N3. The second-order valence-corrected chi connectivity index (χ2v) is 10.1. The van der Waals surface area contributed by atoms with Crippen LogP contribution in [0.5, 0.6) is 0 Å². The van der Waals surface area contributed by atoms with Gasteiger partial charge in [-0.1, -0.05) is 37.3 Å². The highest BCUT2D eigenvalue weighted by molar-refractivity contribution is 5.51. The number of nitrogens with zero attached hydrogens (tertiary/aromatic N) is 3. The maximum Gasteiger partial charge on any atom is 0.0463 e. The van der Waals surface area contributed by atoms with Crippen molar-refractivity contribution >= 4 is 11.4 Å². The molecule has 1 saturated carbocycles. The summed E-state index contributed by atoms with van der Waals surface area (Å²) < 4.78 is 0. The number of piperidine rings is 1. The topological polar surface area (TPSA) is 9.72 Å². The van der Waals surface area contributed by atoms with Crippen molar-refractivity contribution < 1.29 is 0 Å². The molecule has 0 amide bonds. The van der Waals surface area contributed by atoms with Crippen molar-refractivity contribution in [3.8, 4) is 0 Å². The first-order valence-corrected chi connectivity index (χ1v) is 12.7. The molecule has 0 bridgehead atoms. The molecule has 2 aromatic carbocycles. The van der Waals surface area contributed by atoms with E-state index in [-0.39, 0.29) is 5.54 Å². The lowest BCUT2D eigenvalue weighted by Gasteiger charge is -2.51. The summed E-state index contributed by atoms with van der Waals surface area (Å²) in [5, 5.41) is 0. The van der Waals surface area contributed by atoms with Crippen molar-refractivity contribution in [2.24, 2.45) is 5.92 Å². The average Bonchev–Trinajstić information content (AvgIpc) is 2.86. The molecule has 166 valence electrons. The van der Waals surface area contributed by atoms with Crippen molar-refractivity contribution in [3.63, 3.8) is 0 Å². The van der Waals surface area contributed by atoms with E-state index in [2.05, 4.69) is 76.2 Å². The van der Waals surface area contributed by atoms with Gasteiger partial charge in [-0.25, -0.2) is 0 Å². The monoisotopic (exact) mass is 417 g/mol. The number of anilines is 2. The second kappa shape index (κ2) is 9.24. The molecule has 0 N–H and O–H groups in total. The smallest absolute Gasteiger partial charge is 0.0463 e. The Labute approximate surface area is 189 Å². The molecule has 2 aliphatic heterocycles. The first-order chi connectivity index (χ1) is 15.2. The van der Waals surface area contributed by atoms with Gasteiger partial charge in [-0.15, -0.1) is 0 Å². The minimum Gasteiger partial charge on any atom is -0.372 e. The van der Waals surface area contributed by atoms with Crippen LogP contribution in [0.3, 0.4) is 0 Å². The number of piperazine rings is 1. The van der Waals surface area contributed by atoms with Crippen LogP contribution in [0.2, 0.25) is 0 Å². The van der Waals surface area contributed by atoms with Gasteiger partial charge in [-0.3, -0.25) is 4.90 Å². The Morgan fingerprint density at radius 1 is 0.677 bits per heavy atom. The number of hydrogen-bond donors (Lipinski definition) is 0. The van der Waals surface area contributed by atoms with Crippen molar-refractivity contribution in [1.29, 1.82) is 0 Å². The van der Waals surface area contributed by atoms with Gasteiger partial charge in [-0.05, 0) is 80.7 Å².